The molecule has 0 radical (unpaired) electrons. The quantitative estimate of drug-likeness (QED) is 0.404. The third-order valence-electron chi connectivity index (χ3n) is 7.58. The number of hydrogen-bond donors (Lipinski definition) is 3. The number of fused-ring (bicyclic) bond motifs is 1. The number of carboxylic acids is 1. The minimum absolute atomic E-state index is 0.117. The summed E-state index contributed by atoms with van der Waals surface area (Å²) in [6.07, 6.45) is 0.959. The second-order valence-electron chi connectivity index (χ2n) is 10.9. The van der Waals surface area contributed by atoms with Crippen LogP contribution >= 0.6 is 11.8 Å². The summed E-state index contributed by atoms with van der Waals surface area (Å²) >= 11 is 1.35. The maximum absolute atomic E-state index is 13.4. The van der Waals surface area contributed by atoms with Crippen LogP contribution < -0.4 is 10.6 Å². The molecule has 2 aliphatic rings. The van der Waals surface area contributed by atoms with Crippen LogP contribution in [0, 0.1) is 0 Å². The van der Waals surface area contributed by atoms with Crippen LogP contribution in [0.3, 0.4) is 0 Å². The van der Waals surface area contributed by atoms with E-state index in [0.29, 0.717) is 36.3 Å². The number of carbonyl (C=O) groups excluding carboxylic acids is 5. The van der Waals surface area contributed by atoms with E-state index in [2.05, 4.69) is 10.6 Å². The summed E-state index contributed by atoms with van der Waals surface area (Å²) in [5.74, 6) is -2.96. The van der Waals surface area contributed by atoms with Gasteiger partial charge < -0.3 is 30.3 Å². The van der Waals surface area contributed by atoms with Gasteiger partial charge >= 0.3 is 11.9 Å². The van der Waals surface area contributed by atoms with Gasteiger partial charge in [-0.25, -0.2) is 4.79 Å². The number of likely N-dealkylation sites (tertiary alicyclic amines) is 1. The van der Waals surface area contributed by atoms with E-state index in [1.165, 1.54) is 28.5 Å². The predicted octanol–water partition coefficient (Wildman–Crippen LogP) is 1.45. The Kier molecular flexibility index (Phi) is 10.6. The summed E-state index contributed by atoms with van der Waals surface area (Å²) in [4.78, 5) is 79.0. The minimum Gasteiger partial charge on any atom is -0.481 e. The molecule has 0 unspecified atom stereocenters. The van der Waals surface area contributed by atoms with E-state index in [9.17, 15) is 28.8 Å². The number of benzene rings is 2. The van der Waals surface area contributed by atoms with Gasteiger partial charge in [0.05, 0.1) is 12.0 Å². The first kappa shape index (κ1) is 32.5. The highest BCUT2D eigenvalue weighted by atomic mass is 32.2. The van der Waals surface area contributed by atoms with Crippen LogP contribution in [0.4, 0.5) is 0 Å². The number of nitrogens with zero attached hydrogens (tertiary/aromatic N) is 2. The third-order valence-corrected chi connectivity index (χ3v) is 8.64. The molecule has 4 rings (SSSR count). The van der Waals surface area contributed by atoms with Crippen molar-refractivity contribution in [1.82, 2.24) is 20.4 Å². The lowest BCUT2D eigenvalue weighted by Crippen LogP contribution is -2.58. The summed E-state index contributed by atoms with van der Waals surface area (Å²) < 4.78 is 5.59. The standard InChI is InChI=1S/C31H36N4O8S/c1-18(36)35-13-5-8-26(35)29(40)32-24-15-43-31(42)22-7-4-6-21(20-11-9-19(10-12-20)14-27(37)38)23(22)16-44-17-25(33-28(24)39)30(41)34(2)3/h4,6-7,9-12,24-26H,5,8,13-17H2,1-3H3,(H,32,40)(H,33,39)(H,37,38)/t24-,25-,26+/m1/s1. The fraction of sp³-hybridized carbons (Fsp3) is 0.419. The second kappa shape index (κ2) is 14.4. The Labute approximate surface area is 259 Å². The number of cyclic esters (lactones) is 1. The molecule has 44 heavy (non-hydrogen) atoms. The molecule has 12 nitrogen and oxygen atoms in total. The van der Waals surface area contributed by atoms with E-state index >= 15 is 0 Å². The van der Waals surface area contributed by atoms with E-state index in [4.69, 9.17) is 9.84 Å². The Morgan fingerprint density at radius 1 is 1.09 bits per heavy atom. The van der Waals surface area contributed by atoms with Gasteiger partial charge in [-0.05, 0) is 41.2 Å². The number of thioether (sulfide) groups is 1. The van der Waals surface area contributed by atoms with E-state index in [-0.39, 0.29) is 29.6 Å². The van der Waals surface area contributed by atoms with Crippen LogP contribution in [0.2, 0.25) is 0 Å². The van der Waals surface area contributed by atoms with Crippen LogP contribution in [-0.4, -0.2) is 102 Å². The van der Waals surface area contributed by atoms with E-state index < -0.39 is 48.5 Å². The first-order chi connectivity index (χ1) is 21.0. The first-order valence-electron chi connectivity index (χ1n) is 14.2. The Morgan fingerprint density at radius 2 is 1.80 bits per heavy atom. The molecule has 2 aliphatic heterocycles. The van der Waals surface area contributed by atoms with Gasteiger partial charge in [0.2, 0.25) is 23.6 Å². The van der Waals surface area contributed by atoms with Crippen molar-refractivity contribution in [3.63, 3.8) is 0 Å². The Bertz CT molecular complexity index is 1440. The maximum Gasteiger partial charge on any atom is 0.338 e. The van der Waals surface area contributed by atoms with Crippen LogP contribution in [0.1, 0.15) is 41.3 Å². The monoisotopic (exact) mass is 624 g/mol. The fourth-order valence-electron chi connectivity index (χ4n) is 5.32. The number of ether oxygens (including phenoxy) is 1. The lowest BCUT2D eigenvalue weighted by molar-refractivity contribution is -0.139. The zero-order valence-electron chi connectivity index (χ0n) is 24.8. The molecule has 3 N–H and O–H groups in total. The zero-order chi connectivity index (χ0) is 32.0. The number of hydrogen-bond acceptors (Lipinski definition) is 8. The van der Waals surface area contributed by atoms with Crippen LogP contribution in [0.15, 0.2) is 42.5 Å². The van der Waals surface area contributed by atoms with Crippen molar-refractivity contribution < 1.29 is 38.6 Å². The molecular weight excluding hydrogens is 588 g/mol. The molecule has 3 atom stereocenters. The molecule has 0 spiro atoms. The van der Waals surface area contributed by atoms with Gasteiger partial charge in [-0.1, -0.05) is 36.4 Å². The number of nitrogens with one attached hydrogen (secondary N) is 2. The second-order valence-corrected chi connectivity index (χ2v) is 12.0. The van der Waals surface area contributed by atoms with Gasteiger partial charge in [-0.15, -0.1) is 0 Å². The zero-order valence-corrected chi connectivity index (χ0v) is 25.6. The normalized spacial score (nSPS) is 20.7. The third kappa shape index (κ3) is 7.76. The molecule has 0 saturated carbocycles. The SMILES string of the molecule is CC(=O)N1CCC[C@H]1C(=O)N[C@@H]1COC(=O)c2cccc(-c3ccc(CC(=O)O)cc3)c2CSC[C@H](C(=O)N(C)C)NC1=O. The molecule has 2 heterocycles. The van der Waals surface area contributed by atoms with Crippen LogP contribution in [-0.2, 0) is 40.9 Å². The van der Waals surface area contributed by atoms with E-state index in [0.717, 1.165) is 11.1 Å². The first-order valence-corrected chi connectivity index (χ1v) is 15.4. The fourth-order valence-corrected chi connectivity index (χ4v) is 6.42. The lowest BCUT2D eigenvalue weighted by Gasteiger charge is -2.28. The molecular formula is C31H36N4O8S. The average molecular weight is 625 g/mol. The molecule has 1 fully saturated rings. The molecule has 234 valence electrons. The summed E-state index contributed by atoms with van der Waals surface area (Å²) in [7, 11) is 3.16. The average Bonchev–Trinajstić information content (AvgIpc) is 3.48. The molecule has 13 heteroatoms. The highest BCUT2D eigenvalue weighted by Gasteiger charge is 2.36. The number of carbonyl (C=O) groups is 6. The minimum atomic E-state index is -1.31. The molecule has 0 aliphatic carbocycles. The molecule has 0 aromatic heterocycles. The summed E-state index contributed by atoms with van der Waals surface area (Å²) in [6, 6.07) is 9.20. The molecule has 2 aromatic rings. The number of likely N-dealkylation sites (N-methyl/N-ethyl adjacent to an activating group) is 1. The van der Waals surface area contributed by atoms with Crippen molar-refractivity contribution in [2.45, 2.75) is 50.1 Å². The number of rotatable bonds is 6. The van der Waals surface area contributed by atoms with E-state index in [1.54, 1.807) is 50.5 Å². The van der Waals surface area contributed by atoms with Crippen molar-refractivity contribution in [2.24, 2.45) is 0 Å². The predicted molar refractivity (Wildman–Crippen MR) is 163 cm³/mol. The van der Waals surface area contributed by atoms with Gasteiger partial charge in [0.15, 0.2) is 0 Å². The largest absolute Gasteiger partial charge is 0.481 e. The van der Waals surface area contributed by atoms with Crippen molar-refractivity contribution in [3.8, 4) is 11.1 Å². The van der Waals surface area contributed by atoms with Crippen molar-refractivity contribution in [3.05, 3.63) is 59.2 Å². The van der Waals surface area contributed by atoms with Crippen molar-refractivity contribution in [2.75, 3.05) is 33.0 Å². The summed E-state index contributed by atoms with van der Waals surface area (Å²) in [5.41, 5.74) is 3.06. The molecule has 2 aromatic carbocycles. The summed E-state index contributed by atoms with van der Waals surface area (Å²) in [5, 5.41) is 14.5. The van der Waals surface area contributed by atoms with Gasteiger partial charge in [0.1, 0.15) is 24.7 Å². The van der Waals surface area contributed by atoms with Gasteiger partial charge in [-0.2, -0.15) is 11.8 Å². The highest BCUT2D eigenvalue weighted by molar-refractivity contribution is 7.98. The number of aliphatic carboxylic acids is 1. The van der Waals surface area contributed by atoms with Crippen molar-refractivity contribution >= 4 is 47.3 Å². The highest BCUT2D eigenvalue weighted by Crippen LogP contribution is 2.31. The summed E-state index contributed by atoms with van der Waals surface area (Å²) in [6.45, 7) is 1.31. The molecule has 1 saturated heterocycles. The number of carboxylic acid groups (broad SMARTS) is 1. The Balaban J connectivity index is 1.66. The Morgan fingerprint density at radius 3 is 2.45 bits per heavy atom. The smallest absolute Gasteiger partial charge is 0.338 e. The topological polar surface area (TPSA) is 162 Å². The van der Waals surface area contributed by atoms with E-state index in [1.807, 2.05) is 6.07 Å². The number of amides is 4. The van der Waals surface area contributed by atoms with Crippen LogP contribution in [0.5, 0.6) is 0 Å². The molecule has 4 amide bonds. The number of esters is 1. The molecule has 0 bridgehead atoms. The van der Waals surface area contributed by atoms with Crippen molar-refractivity contribution in [1.29, 1.82) is 0 Å². The van der Waals surface area contributed by atoms with Crippen LogP contribution in [0.25, 0.3) is 11.1 Å². The Hall–Kier alpha value is -4.39. The lowest BCUT2D eigenvalue weighted by atomic mass is 9.95. The van der Waals surface area contributed by atoms with Gasteiger partial charge in [-0.3, -0.25) is 24.0 Å². The van der Waals surface area contributed by atoms with Gasteiger partial charge in [0.25, 0.3) is 0 Å². The maximum atomic E-state index is 13.4. The van der Waals surface area contributed by atoms with Gasteiger partial charge in [0, 0.05) is 39.1 Å².